The molecule has 0 aliphatic carbocycles. The third-order valence-electron chi connectivity index (χ3n) is 1.96. The van der Waals surface area contributed by atoms with Crippen LogP contribution in [0.1, 0.15) is 0 Å². The Balaban J connectivity index is 2.75. The van der Waals surface area contributed by atoms with Gasteiger partial charge in [0, 0.05) is 17.5 Å². The quantitative estimate of drug-likeness (QED) is 0.735. The molecule has 0 aliphatic rings. The summed E-state index contributed by atoms with van der Waals surface area (Å²) < 4.78 is 5.04. The van der Waals surface area contributed by atoms with E-state index in [-0.39, 0.29) is 10.9 Å². The molecule has 0 unspecified atom stereocenters. The van der Waals surface area contributed by atoms with E-state index in [9.17, 15) is 5.11 Å². The Labute approximate surface area is 85.9 Å². The van der Waals surface area contributed by atoms with Crippen LogP contribution in [0.4, 0.5) is 0 Å². The number of hydrogen-bond acceptors (Lipinski definition) is 3. The number of ether oxygens (including phenoxy) is 1. The summed E-state index contributed by atoms with van der Waals surface area (Å²) in [5.74, 6) is 0.814. The number of fused-ring (bicyclic) bond motifs is 1. The first kappa shape index (κ1) is 9.09. The second-order valence-corrected chi connectivity index (χ2v) is 3.23. The molecule has 0 atom stereocenters. The van der Waals surface area contributed by atoms with Gasteiger partial charge in [-0.15, -0.1) is 0 Å². The Kier molecular flexibility index (Phi) is 2.17. The highest BCUT2D eigenvalue weighted by Gasteiger charge is 2.04. The maximum Gasteiger partial charge on any atom is 0.133 e. The predicted octanol–water partition coefficient (Wildman–Crippen LogP) is 2.60. The molecule has 1 N–H and O–H groups in total. The summed E-state index contributed by atoms with van der Waals surface area (Å²) in [6.07, 6.45) is 0. The van der Waals surface area contributed by atoms with Gasteiger partial charge in [0.05, 0.1) is 12.6 Å². The number of benzene rings is 1. The van der Waals surface area contributed by atoms with Gasteiger partial charge in [-0.25, -0.2) is 4.98 Å². The van der Waals surface area contributed by atoms with E-state index < -0.39 is 0 Å². The maximum atomic E-state index is 9.55. The molecule has 0 saturated carbocycles. The molecule has 72 valence electrons. The largest absolute Gasteiger partial charge is 0.507 e. The fraction of sp³-hybridized carbons (Fsp3) is 0.100. The maximum absolute atomic E-state index is 9.55. The van der Waals surface area contributed by atoms with Gasteiger partial charge >= 0.3 is 0 Å². The molecule has 0 bridgehead atoms. The van der Waals surface area contributed by atoms with E-state index in [2.05, 4.69) is 4.98 Å². The molecule has 0 radical (unpaired) electrons. The van der Waals surface area contributed by atoms with Crippen molar-refractivity contribution in [3.63, 3.8) is 0 Å². The van der Waals surface area contributed by atoms with Gasteiger partial charge < -0.3 is 9.84 Å². The van der Waals surface area contributed by atoms with Gasteiger partial charge in [-0.2, -0.15) is 0 Å². The van der Waals surface area contributed by atoms with E-state index in [1.54, 1.807) is 25.3 Å². The molecule has 2 rings (SSSR count). The molecule has 14 heavy (non-hydrogen) atoms. The third-order valence-corrected chi connectivity index (χ3v) is 2.16. The van der Waals surface area contributed by atoms with E-state index in [0.717, 1.165) is 0 Å². The number of hydrogen-bond donors (Lipinski definition) is 1. The summed E-state index contributed by atoms with van der Waals surface area (Å²) in [5.41, 5.74) is 0.620. The number of rotatable bonds is 1. The Morgan fingerprint density at radius 3 is 2.86 bits per heavy atom. The highest BCUT2D eigenvalue weighted by Crippen LogP contribution is 2.28. The monoisotopic (exact) mass is 209 g/mol. The van der Waals surface area contributed by atoms with Crippen molar-refractivity contribution in [2.24, 2.45) is 0 Å². The van der Waals surface area contributed by atoms with Crippen LogP contribution >= 0.6 is 11.6 Å². The van der Waals surface area contributed by atoms with E-state index in [1.165, 1.54) is 6.07 Å². The van der Waals surface area contributed by atoms with Crippen molar-refractivity contribution >= 4 is 22.5 Å². The first-order valence-electron chi connectivity index (χ1n) is 4.04. The lowest BCUT2D eigenvalue weighted by atomic mass is 10.2. The van der Waals surface area contributed by atoms with Crippen LogP contribution in [0.25, 0.3) is 10.9 Å². The Bertz CT molecular complexity index is 485. The molecule has 0 spiro atoms. The number of nitrogens with zero attached hydrogens (tertiary/aromatic N) is 1. The van der Waals surface area contributed by atoms with Crippen LogP contribution in [0.15, 0.2) is 24.3 Å². The molecule has 1 aromatic carbocycles. The highest BCUT2D eigenvalue weighted by molar-refractivity contribution is 6.30. The van der Waals surface area contributed by atoms with Crippen molar-refractivity contribution in [1.82, 2.24) is 4.98 Å². The van der Waals surface area contributed by atoms with Crippen LogP contribution in [0, 0.1) is 0 Å². The van der Waals surface area contributed by atoms with Crippen LogP contribution in [0.5, 0.6) is 11.5 Å². The van der Waals surface area contributed by atoms with Gasteiger partial charge in [0.1, 0.15) is 16.7 Å². The average Bonchev–Trinajstić information content (AvgIpc) is 2.16. The van der Waals surface area contributed by atoms with E-state index in [4.69, 9.17) is 16.3 Å². The smallest absolute Gasteiger partial charge is 0.133 e. The van der Waals surface area contributed by atoms with Gasteiger partial charge in [0.2, 0.25) is 0 Å². The van der Waals surface area contributed by atoms with Crippen molar-refractivity contribution in [3.8, 4) is 11.5 Å². The standard InChI is InChI=1S/C10H8ClNO2/c1-14-6-2-3-7-8(4-6)12-10(11)5-9(7)13/h2-5H,1H3,(H,12,13). The summed E-state index contributed by atoms with van der Waals surface area (Å²) in [7, 11) is 1.57. The van der Waals surface area contributed by atoms with Crippen molar-refractivity contribution in [1.29, 1.82) is 0 Å². The lowest BCUT2D eigenvalue weighted by molar-refractivity contribution is 0.415. The van der Waals surface area contributed by atoms with E-state index >= 15 is 0 Å². The van der Waals surface area contributed by atoms with Crippen molar-refractivity contribution in [3.05, 3.63) is 29.4 Å². The summed E-state index contributed by atoms with van der Waals surface area (Å²) in [4.78, 5) is 4.07. The summed E-state index contributed by atoms with van der Waals surface area (Å²) in [6.45, 7) is 0. The minimum Gasteiger partial charge on any atom is -0.507 e. The normalized spacial score (nSPS) is 10.4. The number of aromatic nitrogens is 1. The molecule has 0 fully saturated rings. The summed E-state index contributed by atoms with van der Waals surface area (Å²) >= 11 is 5.71. The first-order valence-corrected chi connectivity index (χ1v) is 4.42. The fourth-order valence-electron chi connectivity index (χ4n) is 1.29. The summed E-state index contributed by atoms with van der Waals surface area (Å²) in [5, 5.41) is 10.5. The second kappa shape index (κ2) is 3.35. The van der Waals surface area contributed by atoms with Crippen LogP contribution in [0.3, 0.4) is 0 Å². The van der Waals surface area contributed by atoms with Gasteiger partial charge in [-0.3, -0.25) is 0 Å². The van der Waals surface area contributed by atoms with E-state index in [0.29, 0.717) is 16.7 Å². The number of methoxy groups -OCH3 is 1. The molecule has 3 nitrogen and oxygen atoms in total. The first-order chi connectivity index (χ1) is 6.70. The predicted molar refractivity (Wildman–Crippen MR) is 55.0 cm³/mol. The highest BCUT2D eigenvalue weighted by atomic mass is 35.5. The molecular weight excluding hydrogens is 202 g/mol. The van der Waals surface area contributed by atoms with Gasteiger partial charge in [0.15, 0.2) is 0 Å². The van der Waals surface area contributed by atoms with Crippen LogP contribution in [-0.4, -0.2) is 17.2 Å². The molecule has 1 heterocycles. The van der Waals surface area contributed by atoms with Gasteiger partial charge in [-0.05, 0) is 12.1 Å². The van der Waals surface area contributed by atoms with Crippen LogP contribution < -0.4 is 4.74 Å². The molecule has 0 amide bonds. The van der Waals surface area contributed by atoms with Crippen LogP contribution in [-0.2, 0) is 0 Å². The lowest BCUT2D eigenvalue weighted by Gasteiger charge is -2.03. The molecule has 0 saturated heterocycles. The topological polar surface area (TPSA) is 42.4 Å². The summed E-state index contributed by atoms with van der Waals surface area (Å²) in [6, 6.07) is 6.64. The van der Waals surface area contributed by atoms with Crippen LogP contribution in [0.2, 0.25) is 5.15 Å². The van der Waals surface area contributed by atoms with Gasteiger partial charge in [0.25, 0.3) is 0 Å². The Morgan fingerprint density at radius 1 is 1.36 bits per heavy atom. The lowest BCUT2D eigenvalue weighted by Crippen LogP contribution is -1.85. The van der Waals surface area contributed by atoms with E-state index in [1.807, 2.05) is 0 Å². The zero-order valence-electron chi connectivity index (χ0n) is 7.49. The minimum absolute atomic E-state index is 0.127. The molecule has 2 aromatic rings. The molecular formula is C10H8ClNO2. The Morgan fingerprint density at radius 2 is 2.14 bits per heavy atom. The molecule has 4 heteroatoms. The average molecular weight is 210 g/mol. The van der Waals surface area contributed by atoms with Crippen molar-refractivity contribution in [2.45, 2.75) is 0 Å². The third kappa shape index (κ3) is 1.46. The zero-order valence-corrected chi connectivity index (χ0v) is 8.25. The molecule has 1 aromatic heterocycles. The minimum atomic E-state index is 0.127. The number of halogens is 1. The second-order valence-electron chi connectivity index (χ2n) is 2.85. The van der Waals surface area contributed by atoms with Crippen molar-refractivity contribution < 1.29 is 9.84 Å². The fourth-order valence-corrected chi connectivity index (χ4v) is 1.48. The number of aromatic hydroxyl groups is 1. The molecule has 0 aliphatic heterocycles. The Hall–Kier alpha value is -1.48. The number of pyridine rings is 1. The van der Waals surface area contributed by atoms with Gasteiger partial charge in [-0.1, -0.05) is 11.6 Å². The van der Waals surface area contributed by atoms with Crippen molar-refractivity contribution in [2.75, 3.05) is 7.11 Å². The SMILES string of the molecule is COc1ccc2c(O)cc(Cl)nc2c1. The zero-order chi connectivity index (χ0) is 10.1.